The van der Waals surface area contributed by atoms with E-state index in [2.05, 4.69) is 6.58 Å². The Labute approximate surface area is 73.0 Å². The van der Waals surface area contributed by atoms with Crippen LogP contribution < -0.4 is 0 Å². The van der Waals surface area contributed by atoms with Crippen LogP contribution >= 0.6 is 0 Å². The summed E-state index contributed by atoms with van der Waals surface area (Å²) in [4.78, 5) is 0. The zero-order valence-electron chi connectivity index (χ0n) is 7.39. The molecule has 0 saturated heterocycles. The van der Waals surface area contributed by atoms with Crippen molar-refractivity contribution in [3.63, 3.8) is 0 Å². The third-order valence-electron chi connectivity index (χ3n) is 1.53. The van der Waals surface area contributed by atoms with Crippen LogP contribution in [0.4, 0.5) is 8.78 Å². The predicted octanol–water partition coefficient (Wildman–Crippen LogP) is 3.76. The van der Waals surface area contributed by atoms with Gasteiger partial charge in [0.15, 0.2) is 0 Å². The lowest BCUT2D eigenvalue weighted by atomic mass is 10.0. The second-order valence-electron chi connectivity index (χ2n) is 2.56. The maximum atomic E-state index is 12.2. The third kappa shape index (κ3) is 5.05. The molecule has 0 rings (SSSR count). The van der Waals surface area contributed by atoms with Gasteiger partial charge in [-0.15, -0.1) is 6.58 Å². The Morgan fingerprint density at radius 2 is 2.17 bits per heavy atom. The molecule has 1 radical (unpaired) electrons. The number of allylic oxidation sites excluding steroid dienone is 3. The average molecular weight is 173 g/mol. The fraction of sp³-hybridized carbons (Fsp3) is 0.500. The van der Waals surface area contributed by atoms with Crippen molar-refractivity contribution in [3.8, 4) is 0 Å². The van der Waals surface area contributed by atoms with Crippen molar-refractivity contribution in [3.05, 3.63) is 30.7 Å². The molecular formula is C10H15F2. The van der Waals surface area contributed by atoms with E-state index in [4.69, 9.17) is 0 Å². The van der Waals surface area contributed by atoms with Crippen LogP contribution in [0.15, 0.2) is 24.8 Å². The fourth-order valence-electron chi connectivity index (χ4n) is 0.930. The van der Waals surface area contributed by atoms with Crippen LogP contribution in [0.2, 0.25) is 0 Å². The van der Waals surface area contributed by atoms with Crippen LogP contribution in [-0.2, 0) is 0 Å². The maximum Gasteiger partial charge on any atom is 0.248 e. The van der Waals surface area contributed by atoms with E-state index in [0.29, 0.717) is 6.42 Å². The molecule has 0 spiro atoms. The molecule has 0 aliphatic heterocycles. The highest BCUT2D eigenvalue weighted by molar-refractivity contribution is 5.11. The molecule has 0 N–H and O–H groups in total. The van der Waals surface area contributed by atoms with Crippen LogP contribution in [0.5, 0.6) is 0 Å². The number of alkyl halides is 2. The Balaban J connectivity index is 3.71. The van der Waals surface area contributed by atoms with Crippen LogP contribution in [0, 0.1) is 5.92 Å². The Morgan fingerprint density at radius 3 is 2.58 bits per heavy atom. The van der Waals surface area contributed by atoms with Gasteiger partial charge >= 0.3 is 0 Å². The van der Waals surface area contributed by atoms with Crippen molar-refractivity contribution in [1.29, 1.82) is 0 Å². The highest BCUT2D eigenvalue weighted by atomic mass is 19.3. The standard InChI is InChI=1S/C10H15F2/c1-3-5-6-8-9(7-4-2)10(11)12/h3-4,7,10H,1,5-6,8H2,2H3. The summed E-state index contributed by atoms with van der Waals surface area (Å²) in [5.41, 5.74) is 0. The number of halogens is 2. The first kappa shape index (κ1) is 11.3. The molecule has 0 saturated carbocycles. The van der Waals surface area contributed by atoms with Crippen molar-refractivity contribution < 1.29 is 8.78 Å². The quantitative estimate of drug-likeness (QED) is 0.424. The largest absolute Gasteiger partial charge is 0.248 e. The van der Waals surface area contributed by atoms with E-state index in [-0.39, 0.29) is 5.92 Å². The summed E-state index contributed by atoms with van der Waals surface area (Å²) in [6.45, 7) is 5.28. The summed E-state index contributed by atoms with van der Waals surface area (Å²) in [5.74, 6) is 0.222. The van der Waals surface area contributed by atoms with Gasteiger partial charge in [-0.2, -0.15) is 0 Å². The fourth-order valence-corrected chi connectivity index (χ4v) is 0.930. The van der Waals surface area contributed by atoms with E-state index in [1.54, 1.807) is 19.1 Å². The summed E-state index contributed by atoms with van der Waals surface area (Å²) < 4.78 is 24.4. The summed E-state index contributed by atoms with van der Waals surface area (Å²) in [5, 5.41) is 0. The minimum atomic E-state index is -2.31. The van der Waals surface area contributed by atoms with Crippen molar-refractivity contribution >= 4 is 0 Å². The molecule has 0 bridgehead atoms. The van der Waals surface area contributed by atoms with Gasteiger partial charge in [0.05, 0.1) is 5.92 Å². The highest BCUT2D eigenvalue weighted by Gasteiger charge is 2.16. The first-order valence-corrected chi connectivity index (χ1v) is 4.09. The molecular weight excluding hydrogens is 158 g/mol. The maximum absolute atomic E-state index is 12.2. The molecule has 0 atom stereocenters. The van der Waals surface area contributed by atoms with E-state index < -0.39 is 6.43 Å². The minimum absolute atomic E-state index is 0.222. The van der Waals surface area contributed by atoms with Gasteiger partial charge < -0.3 is 0 Å². The number of hydrogen-bond acceptors (Lipinski definition) is 0. The molecule has 0 aromatic carbocycles. The van der Waals surface area contributed by atoms with Gasteiger partial charge in [0.2, 0.25) is 6.43 Å². The smallest absolute Gasteiger partial charge is 0.209 e. The zero-order chi connectivity index (χ0) is 9.40. The van der Waals surface area contributed by atoms with E-state index in [9.17, 15) is 8.78 Å². The van der Waals surface area contributed by atoms with Gasteiger partial charge in [0.1, 0.15) is 0 Å². The van der Waals surface area contributed by atoms with Crippen molar-refractivity contribution in [2.45, 2.75) is 32.6 Å². The monoisotopic (exact) mass is 173 g/mol. The average Bonchev–Trinajstić information content (AvgIpc) is 2.03. The van der Waals surface area contributed by atoms with E-state index in [1.165, 1.54) is 6.08 Å². The Kier molecular flexibility index (Phi) is 6.63. The summed E-state index contributed by atoms with van der Waals surface area (Å²) in [6, 6.07) is 0. The second-order valence-corrected chi connectivity index (χ2v) is 2.56. The number of unbranched alkanes of at least 4 members (excludes halogenated alkanes) is 1. The molecule has 12 heavy (non-hydrogen) atoms. The lowest BCUT2D eigenvalue weighted by Gasteiger charge is -2.08. The van der Waals surface area contributed by atoms with Gasteiger partial charge in [-0.25, -0.2) is 8.78 Å². The van der Waals surface area contributed by atoms with Crippen LogP contribution in [0.25, 0.3) is 0 Å². The van der Waals surface area contributed by atoms with Crippen molar-refractivity contribution in [1.82, 2.24) is 0 Å². The van der Waals surface area contributed by atoms with Gasteiger partial charge in [-0.3, -0.25) is 0 Å². The molecule has 2 heteroatoms. The number of hydrogen-bond donors (Lipinski definition) is 0. The molecule has 0 nitrogen and oxygen atoms in total. The molecule has 0 heterocycles. The second kappa shape index (κ2) is 7.01. The summed E-state index contributed by atoms with van der Waals surface area (Å²) in [7, 11) is 0. The van der Waals surface area contributed by atoms with Gasteiger partial charge in [-0.05, 0) is 26.2 Å². The molecule has 0 aliphatic rings. The van der Waals surface area contributed by atoms with E-state index in [0.717, 1.165) is 12.8 Å². The van der Waals surface area contributed by atoms with Crippen LogP contribution in [0.3, 0.4) is 0 Å². The summed E-state index contributed by atoms with van der Waals surface area (Å²) >= 11 is 0. The Morgan fingerprint density at radius 1 is 1.50 bits per heavy atom. The molecule has 0 aromatic rings. The van der Waals surface area contributed by atoms with Crippen molar-refractivity contribution in [2.24, 2.45) is 0 Å². The minimum Gasteiger partial charge on any atom is -0.209 e. The molecule has 69 valence electrons. The normalized spacial score (nSPS) is 11.8. The molecule has 0 unspecified atom stereocenters. The topological polar surface area (TPSA) is 0 Å². The van der Waals surface area contributed by atoms with Gasteiger partial charge in [0.25, 0.3) is 0 Å². The predicted molar refractivity (Wildman–Crippen MR) is 48.1 cm³/mol. The summed E-state index contributed by atoms with van der Waals surface area (Å²) in [6.07, 6.45) is 4.60. The van der Waals surface area contributed by atoms with Crippen LogP contribution in [0.1, 0.15) is 26.2 Å². The van der Waals surface area contributed by atoms with Crippen LogP contribution in [-0.4, -0.2) is 6.43 Å². The Hall–Kier alpha value is -0.660. The van der Waals surface area contributed by atoms with E-state index >= 15 is 0 Å². The SMILES string of the molecule is C=CCCC[C](C=CC)C(F)F. The molecule has 0 aromatic heterocycles. The lowest BCUT2D eigenvalue weighted by Crippen LogP contribution is -2.05. The lowest BCUT2D eigenvalue weighted by molar-refractivity contribution is 0.164. The first-order chi connectivity index (χ1) is 5.72. The van der Waals surface area contributed by atoms with Gasteiger partial charge in [0, 0.05) is 0 Å². The number of rotatable bonds is 6. The van der Waals surface area contributed by atoms with Crippen molar-refractivity contribution in [2.75, 3.05) is 0 Å². The molecule has 0 aliphatic carbocycles. The zero-order valence-corrected chi connectivity index (χ0v) is 7.39. The van der Waals surface area contributed by atoms with E-state index in [1.807, 2.05) is 0 Å². The van der Waals surface area contributed by atoms with Gasteiger partial charge in [-0.1, -0.05) is 18.2 Å². The Bertz CT molecular complexity index is 139. The highest BCUT2D eigenvalue weighted by Crippen LogP contribution is 2.20. The molecule has 0 fully saturated rings. The molecule has 0 amide bonds. The third-order valence-corrected chi connectivity index (χ3v) is 1.53. The first-order valence-electron chi connectivity index (χ1n) is 4.09.